The van der Waals surface area contributed by atoms with Crippen molar-refractivity contribution >= 4 is 0 Å². The van der Waals surface area contributed by atoms with E-state index < -0.39 is 0 Å². The molecule has 0 spiro atoms. The van der Waals surface area contributed by atoms with E-state index in [2.05, 4.69) is 26.1 Å². The van der Waals surface area contributed by atoms with E-state index in [1.807, 2.05) is 6.07 Å². The molecule has 2 nitrogen and oxygen atoms in total. The zero-order valence-electron chi connectivity index (χ0n) is 11.1. The first-order chi connectivity index (χ1) is 7.98. The maximum atomic E-state index is 13.4. The molecular formula is C14H22FNO. The lowest BCUT2D eigenvalue weighted by Gasteiger charge is -2.23. The van der Waals surface area contributed by atoms with Gasteiger partial charge in [0.2, 0.25) is 0 Å². The van der Waals surface area contributed by atoms with Crippen LogP contribution in [0.4, 0.5) is 4.39 Å². The molecule has 96 valence electrons. The molecule has 0 aromatic heterocycles. The van der Waals surface area contributed by atoms with Crippen LogP contribution in [0.2, 0.25) is 0 Å². The van der Waals surface area contributed by atoms with Crippen molar-refractivity contribution in [2.75, 3.05) is 13.7 Å². The van der Waals surface area contributed by atoms with Crippen molar-refractivity contribution in [2.45, 2.75) is 33.7 Å². The van der Waals surface area contributed by atoms with Crippen LogP contribution in [-0.2, 0) is 6.54 Å². The topological polar surface area (TPSA) is 21.3 Å². The molecule has 1 N–H and O–H groups in total. The van der Waals surface area contributed by atoms with Gasteiger partial charge in [0.25, 0.3) is 0 Å². The third-order valence-electron chi connectivity index (χ3n) is 3.11. The van der Waals surface area contributed by atoms with Crippen molar-refractivity contribution in [1.82, 2.24) is 5.32 Å². The van der Waals surface area contributed by atoms with E-state index in [0.29, 0.717) is 12.3 Å². The van der Waals surface area contributed by atoms with Crippen molar-refractivity contribution < 1.29 is 9.13 Å². The lowest BCUT2D eigenvalue weighted by atomic mass is 9.90. The molecule has 0 fully saturated rings. The third kappa shape index (κ3) is 4.35. The molecule has 0 saturated carbocycles. The second-order valence-electron chi connectivity index (χ2n) is 5.09. The summed E-state index contributed by atoms with van der Waals surface area (Å²) in [7, 11) is 1.47. The van der Waals surface area contributed by atoms with Gasteiger partial charge in [-0.05, 0) is 29.5 Å². The Hall–Kier alpha value is -1.09. The van der Waals surface area contributed by atoms with E-state index >= 15 is 0 Å². The highest BCUT2D eigenvalue weighted by atomic mass is 19.1. The van der Waals surface area contributed by atoms with Gasteiger partial charge < -0.3 is 10.1 Å². The minimum Gasteiger partial charge on any atom is -0.494 e. The van der Waals surface area contributed by atoms with Crippen LogP contribution in [0.3, 0.4) is 0 Å². The summed E-state index contributed by atoms with van der Waals surface area (Å²) in [4.78, 5) is 0. The predicted molar refractivity (Wildman–Crippen MR) is 68.7 cm³/mol. The Bertz CT molecular complexity index is 363. The number of benzene rings is 1. The maximum absolute atomic E-state index is 13.4. The molecule has 3 heteroatoms. The zero-order valence-corrected chi connectivity index (χ0v) is 11.1. The lowest BCUT2D eigenvalue weighted by molar-refractivity contribution is 0.327. The van der Waals surface area contributed by atoms with Crippen molar-refractivity contribution in [3.8, 4) is 5.75 Å². The highest BCUT2D eigenvalue weighted by Crippen LogP contribution is 2.19. The smallest absolute Gasteiger partial charge is 0.165 e. The largest absolute Gasteiger partial charge is 0.494 e. The molecule has 17 heavy (non-hydrogen) atoms. The normalized spacial score (nSPS) is 11.6. The molecule has 0 atom stereocenters. The van der Waals surface area contributed by atoms with E-state index in [1.165, 1.54) is 13.2 Å². The first-order valence-electron chi connectivity index (χ1n) is 6.01. The average Bonchev–Trinajstić information content (AvgIpc) is 2.29. The molecule has 0 aliphatic rings. The molecule has 0 heterocycles. The van der Waals surface area contributed by atoms with Gasteiger partial charge in [-0.25, -0.2) is 4.39 Å². The highest BCUT2D eigenvalue weighted by molar-refractivity contribution is 5.29. The van der Waals surface area contributed by atoms with Crippen molar-refractivity contribution in [3.63, 3.8) is 0 Å². The Morgan fingerprint density at radius 1 is 1.35 bits per heavy atom. The van der Waals surface area contributed by atoms with E-state index in [1.54, 1.807) is 6.07 Å². The van der Waals surface area contributed by atoms with Crippen molar-refractivity contribution in [1.29, 1.82) is 0 Å². The minimum atomic E-state index is -0.304. The molecule has 0 radical (unpaired) electrons. The van der Waals surface area contributed by atoms with Gasteiger partial charge in [-0.2, -0.15) is 0 Å². The second kappa shape index (κ2) is 6.01. The lowest BCUT2D eigenvalue weighted by Crippen LogP contribution is -2.28. The highest BCUT2D eigenvalue weighted by Gasteiger charge is 2.14. The number of methoxy groups -OCH3 is 1. The number of rotatable bonds is 6. The molecule has 1 aromatic rings. The molecule has 0 bridgehead atoms. The van der Waals surface area contributed by atoms with Gasteiger partial charge in [-0.15, -0.1) is 0 Å². The van der Waals surface area contributed by atoms with Crippen LogP contribution in [0.5, 0.6) is 5.75 Å². The summed E-state index contributed by atoms with van der Waals surface area (Å²) in [5.41, 5.74) is 1.22. The van der Waals surface area contributed by atoms with Crippen LogP contribution < -0.4 is 10.1 Å². The first kappa shape index (κ1) is 14.0. The summed E-state index contributed by atoms with van der Waals surface area (Å²) in [6.45, 7) is 8.22. The fourth-order valence-electron chi connectivity index (χ4n) is 1.49. The van der Waals surface area contributed by atoms with E-state index in [-0.39, 0.29) is 11.2 Å². The third-order valence-corrected chi connectivity index (χ3v) is 3.11. The molecular weight excluding hydrogens is 217 g/mol. The Morgan fingerprint density at radius 3 is 2.59 bits per heavy atom. The van der Waals surface area contributed by atoms with Crippen LogP contribution in [0.25, 0.3) is 0 Å². The summed E-state index contributed by atoms with van der Waals surface area (Å²) in [5, 5.41) is 3.35. The van der Waals surface area contributed by atoms with Gasteiger partial charge in [-0.3, -0.25) is 0 Å². The molecule has 0 aliphatic carbocycles. The first-order valence-corrected chi connectivity index (χ1v) is 6.01. The summed E-state index contributed by atoms with van der Waals surface area (Å²) >= 11 is 0. The fourth-order valence-corrected chi connectivity index (χ4v) is 1.49. The summed E-state index contributed by atoms with van der Waals surface area (Å²) < 4.78 is 18.3. The summed E-state index contributed by atoms with van der Waals surface area (Å²) in [5.74, 6) is -0.0100. The van der Waals surface area contributed by atoms with Crippen LogP contribution in [-0.4, -0.2) is 13.7 Å². The Kier molecular flexibility index (Phi) is 4.94. The van der Waals surface area contributed by atoms with Crippen molar-refractivity contribution in [2.24, 2.45) is 5.41 Å². The van der Waals surface area contributed by atoms with Crippen molar-refractivity contribution in [3.05, 3.63) is 29.6 Å². The second-order valence-corrected chi connectivity index (χ2v) is 5.09. The quantitative estimate of drug-likeness (QED) is 0.822. The molecule has 0 aliphatic heterocycles. The molecule has 0 unspecified atom stereocenters. The number of hydrogen-bond donors (Lipinski definition) is 1. The van der Waals surface area contributed by atoms with E-state index in [0.717, 1.165) is 18.5 Å². The van der Waals surface area contributed by atoms with Crippen LogP contribution in [0, 0.1) is 11.2 Å². The van der Waals surface area contributed by atoms with Gasteiger partial charge in [0.05, 0.1) is 7.11 Å². The fraction of sp³-hybridized carbons (Fsp3) is 0.571. The van der Waals surface area contributed by atoms with Gasteiger partial charge >= 0.3 is 0 Å². The number of hydrogen-bond acceptors (Lipinski definition) is 2. The van der Waals surface area contributed by atoms with E-state index in [4.69, 9.17) is 4.74 Å². The molecule has 0 amide bonds. The number of halogens is 1. The maximum Gasteiger partial charge on any atom is 0.165 e. The Morgan fingerprint density at radius 2 is 2.06 bits per heavy atom. The monoisotopic (exact) mass is 239 g/mol. The zero-order chi connectivity index (χ0) is 12.9. The molecule has 1 rings (SSSR count). The van der Waals surface area contributed by atoms with Crippen LogP contribution in [0.1, 0.15) is 32.8 Å². The van der Waals surface area contributed by atoms with E-state index in [9.17, 15) is 4.39 Å². The number of nitrogens with one attached hydrogen (secondary N) is 1. The Balaban J connectivity index is 2.50. The standard InChI is InChI=1S/C14H22FNO/c1-5-14(2,3)10-16-9-11-6-7-13(17-4)12(15)8-11/h6-8,16H,5,9-10H2,1-4H3. The summed E-state index contributed by atoms with van der Waals surface area (Å²) in [6.07, 6.45) is 1.12. The van der Waals surface area contributed by atoms with Gasteiger partial charge in [0.1, 0.15) is 0 Å². The number of ether oxygens (including phenoxy) is 1. The van der Waals surface area contributed by atoms with Crippen LogP contribution >= 0.6 is 0 Å². The average molecular weight is 239 g/mol. The van der Waals surface area contributed by atoms with Crippen LogP contribution in [0.15, 0.2) is 18.2 Å². The Labute approximate surface area is 103 Å². The SMILES string of the molecule is CCC(C)(C)CNCc1ccc(OC)c(F)c1. The van der Waals surface area contributed by atoms with Gasteiger partial charge in [0, 0.05) is 13.1 Å². The van der Waals surface area contributed by atoms with Gasteiger partial charge in [-0.1, -0.05) is 26.8 Å². The molecule has 1 aromatic carbocycles. The predicted octanol–water partition coefficient (Wildman–Crippen LogP) is 3.36. The van der Waals surface area contributed by atoms with Gasteiger partial charge in [0.15, 0.2) is 11.6 Å². The molecule has 0 saturated heterocycles. The minimum absolute atomic E-state index is 0.283. The summed E-state index contributed by atoms with van der Waals surface area (Å²) in [6, 6.07) is 5.07.